The van der Waals surface area contributed by atoms with Gasteiger partial charge in [0.2, 0.25) is 11.8 Å². The number of carbonyl (C=O) groups is 3. The van der Waals surface area contributed by atoms with Crippen molar-refractivity contribution in [3.63, 3.8) is 0 Å². The van der Waals surface area contributed by atoms with Crippen molar-refractivity contribution >= 4 is 39.3 Å². The molecule has 1 heterocycles. The highest BCUT2D eigenvalue weighted by Gasteiger charge is 2.40. The first-order valence-electron chi connectivity index (χ1n) is 12.7. The maximum atomic E-state index is 13.7. The van der Waals surface area contributed by atoms with Gasteiger partial charge in [0.05, 0.1) is 5.56 Å². The zero-order valence-corrected chi connectivity index (χ0v) is 23.1. The van der Waals surface area contributed by atoms with Gasteiger partial charge in [-0.1, -0.05) is 72.3 Å². The number of likely N-dealkylation sites (N-methyl/N-ethyl adjacent to an activating group) is 1. The molecule has 0 fully saturated rings. The minimum absolute atomic E-state index is 0.0270. The fourth-order valence-electron chi connectivity index (χ4n) is 4.63. The van der Waals surface area contributed by atoms with Gasteiger partial charge >= 0.3 is 0 Å². The zero-order chi connectivity index (χ0) is 28.0. The predicted molar refractivity (Wildman–Crippen MR) is 149 cm³/mol. The number of sulfonamides is 1. The zero-order valence-electron chi connectivity index (χ0n) is 21.5. The van der Waals surface area contributed by atoms with Gasteiger partial charge in [-0.3, -0.25) is 14.4 Å². The molecule has 3 aromatic rings. The van der Waals surface area contributed by atoms with E-state index in [1.54, 1.807) is 30.3 Å². The summed E-state index contributed by atoms with van der Waals surface area (Å²) in [6.07, 6.45) is 0.326. The predicted octanol–water partition coefficient (Wildman–Crippen LogP) is 4.04. The SMILES string of the molecule is CCNC(=O)C(Cc1ccccc1)N(Cc1ccccc1Cl)C(=O)CCCN1C(=O)c2ccccc2S1(=O)=O. The summed E-state index contributed by atoms with van der Waals surface area (Å²) in [6, 6.07) is 21.8. The normalized spacial score (nSPS) is 14.5. The van der Waals surface area contributed by atoms with E-state index < -0.39 is 22.0 Å². The Balaban J connectivity index is 1.56. The Hall–Kier alpha value is -3.69. The molecule has 204 valence electrons. The molecule has 3 aromatic carbocycles. The van der Waals surface area contributed by atoms with E-state index in [9.17, 15) is 22.8 Å². The molecule has 1 atom stereocenters. The second-order valence-electron chi connectivity index (χ2n) is 9.20. The molecule has 8 nitrogen and oxygen atoms in total. The first-order valence-corrected chi connectivity index (χ1v) is 14.6. The summed E-state index contributed by atoms with van der Waals surface area (Å²) in [7, 11) is -3.97. The molecule has 3 amide bonds. The Kier molecular flexibility index (Phi) is 9.04. The number of nitrogens with zero attached hydrogens (tertiary/aromatic N) is 2. The van der Waals surface area contributed by atoms with Crippen LogP contribution < -0.4 is 5.32 Å². The Morgan fingerprint density at radius 1 is 0.974 bits per heavy atom. The summed E-state index contributed by atoms with van der Waals surface area (Å²) in [4.78, 5) is 41.1. The van der Waals surface area contributed by atoms with Crippen molar-refractivity contribution in [1.29, 1.82) is 0 Å². The summed E-state index contributed by atoms with van der Waals surface area (Å²) in [6.45, 7) is 2.16. The first-order chi connectivity index (χ1) is 18.7. The molecule has 0 saturated carbocycles. The number of carbonyl (C=O) groups excluding carboxylic acids is 3. The fourth-order valence-corrected chi connectivity index (χ4v) is 6.43. The Bertz CT molecular complexity index is 1460. The molecule has 10 heteroatoms. The lowest BCUT2D eigenvalue weighted by Crippen LogP contribution is -2.50. The lowest BCUT2D eigenvalue weighted by Gasteiger charge is -2.32. The van der Waals surface area contributed by atoms with E-state index in [4.69, 9.17) is 11.6 Å². The van der Waals surface area contributed by atoms with Crippen molar-refractivity contribution in [1.82, 2.24) is 14.5 Å². The van der Waals surface area contributed by atoms with E-state index in [2.05, 4.69) is 5.32 Å². The van der Waals surface area contributed by atoms with Crippen molar-refractivity contribution in [2.75, 3.05) is 13.1 Å². The molecular formula is C29H30ClN3O5S. The average Bonchev–Trinajstić information content (AvgIpc) is 3.12. The Labute approximate surface area is 233 Å². The lowest BCUT2D eigenvalue weighted by molar-refractivity contribution is -0.141. The molecule has 1 N–H and O–H groups in total. The molecule has 1 aliphatic heterocycles. The highest BCUT2D eigenvalue weighted by Crippen LogP contribution is 2.30. The van der Waals surface area contributed by atoms with E-state index in [-0.39, 0.29) is 54.6 Å². The first kappa shape index (κ1) is 28.3. The topological polar surface area (TPSA) is 104 Å². The number of halogens is 1. The molecule has 1 aliphatic rings. The second kappa shape index (κ2) is 12.4. The van der Waals surface area contributed by atoms with Crippen molar-refractivity contribution < 1.29 is 22.8 Å². The number of hydrogen-bond donors (Lipinski definition) is 1. The number of rotatable bonds is 11. The highest BCUT2D eigenvalue weighted by atomic mass is 35.5. The van der Waals surface area contributed by atoms with Gasteiger partial charge in [-0.2, -0.15) is 0 Å². The van der Waals surface area contributed by atoms with E-state index in [1.807, 2.05) is 43.3 Å². The van der Waals surface area contributed by atoms with Gasteiger partial charge in [-0.05, 0) is 42.7 Å². The quantitative estimate of drug-likeness (QED) is 0.377. The smallest absolute Gasteiger partial charge is 0.269 e. The number of hydrogen-bond acceptors (Lipinski definition) is 5. The van der Waals surface area contributed by atoms with Crippen molar-refractivity contribution in [2.24, 2.45) is 0 Å². The largest absolute Gasteiger partial charge is 0.355 e. The molecule has 39 heavy (non-hydrogen) atoms. The van der Waals surface area contributed by atoms with Gasteiger partial charge in [0.1, 0.15) is 10.9 Å². The summed E-state index contributed by atoms with van der Waals surface area (Å²) in [5.74, 6) is -1.24. The second-order valence-corrected chi connectivity index (χ2v) is 11.4. The van der Waals surface area contributed by atoms with Gasteiger partial charge in [0.25, 0.3) is 15.9 Å². The van der Waals surface area contributed by atoms with Crippen LogP contribution in [-0.4, -0.2) is 54.5 Å². The average molecular weight is 568 g/mol. The van der Waals surface area contributed by atoms with Gasteiger partial charge < -0.3 is 10.2 Å². The van der Waals surface area contributed by atoms with Crippen molar-refractivity contribution in [3.8, 4) is 0 Å². The van der Waals surface area contributed by atoms with Gasteiger partial charge in [0, 0.05) is 37.5 Å². The monoisotopic (exact) mass is 567 g/mol. The third kappa shape index (κ3) is 6.32. The molecule has 0 aliphatic carbocycles. The maximum Gasteiger partial charge on any atom is 0.269 e. The minimum atomic E-state index is -3.97. The minimum Gasteiger partial charge on any atom is -0.355 e. The number of amides is 3. The van der Waals surface area contributed by atoms with E-state index in [0.29, 0.717) is 17.1 Å². The molecule has 0 spiro atoms. The van der Waals surface area contributed by atoms with Crippen LogP contribution in [0.1, 0.15) is 41.3 Å². The molecular weight excluding hydrogens is 538 g/mol. The van der Waals surface area contributed by atoms with Crippen LogP contribution in [-0.2, 0) is 32.6 Å². The molecule has 0 radical (unpaired) electrons. The van der Waals surface area contributed by atoms with Gasteiger partial charge in [-0.15, -0.1) is 0 Å². The van der Waals surface area contributed by atoms with Crippen LogP contribution in [0.3, 0.4) is 0 Å². The van der Waals surface area contributed by atoms with Crippen molar-refractivity contribution in [2.45, 2.75) is 43.7 Å². The van der Waals surface area contributed by atoms with E-state index in [0.717, 1.165) is 9.87 Å². The molecule has 0 aromatic heterocycles. The van der Waals surface area contributed by atoms with E-state index >= 15 is 0 Å². The van der Waals surface area contributed by atoms with Crippen LogP contribution in [0.2, 0.25) is 5.02 Å². The summed E-state index contributed by atoms with van der Waals surface area (Å²) in [5, 5.41) is 3.30. The summed E-state index contributed by atoms with van der Waals surface area (Å²) in [5.41, 5.74) is 1.70. The third-order valence-corrected chi connectivity index (χ3v) is 8.79. The molecule has 0 saturated heterocycles. The van der Waals surface area contributed by atoms with Crippen LogP contribution in [0.25, 0.3) is 0 Å². The maximum absolute atomic E-state index is 13.7. The highest BCUT2D eigenvalue weighted by molar-refractivity contribution is 7.90. The van der Waals surface area contributed by atoms with E-state index in [1.165, 1.54) is 17.0 Å². The standard InChI is InChI=1S/C29H30ClN3O5S/c1-2-31-28(35)25(19-21-11-4-3-5-12-21)32(20-22-13-6-8-15-24(22)30)27(34)17-10-18-33-29(36)23-14-7-9-16-26(23)39(33,37)38/h3-9,11-16,25H,2,10,17-20H2,1H3,(H,31,35). The van der Waals surface area contributed by atoms with Crippen molar-refractivity contribution in [3.05, 3.63) is 101 Å². The molecule has 0 bridgehead atoms. The Morgan fingerprint density at radius 2 is 1.64 bits per heavy atom. The Morgan fingerprint density at radius 3 is 2.33 bits per heavy atom. The number of nitrogens with one attached hydrogen (secondary N) is 1. The van der Waals surface area contributed by atoms with Crippen LogP contribution in [0.4, 0.5) is 0 Å². The number of benzene rings is 3. The summed E-state index contributed by atoms with van der Waals surface area (Å²) >= 11 is 6.41. The van der Waals surface area contributed by atoms with Crippen LogP contribution >= 0.6 is 11.6 Å². The van der Waals surface area contributed by atoms with Gasteiger partial charge in [-0.25, -0.2) is 12.7 Å². The van der Waals surface area contributed by atoms with Gasteiger partial charge in [0.15, 0.2) is 0 Å². The third-order valence-electron chi connectivity index (χ3n) is 6.58. The fraction of sp³-hybridized carbons (Fsp3) is 0.276. The van der Waals surface area contributed by atoms with Crippen LogP contribution in [0, 0.1) is 0 Å². The van der Waals surface area contributed by atoms with Crippen LogP contribution in [0.5, 0.6) is 0 Å². The van der Waals surface area contributed by atoms with Crippen LogP contribution in [0.15, 0.2) is 83.8 Å². The number of fused-ring (bicyclic) bond motifs is 1. The lowest BCUT2D eigenvalue weighted by atomic mass is 10.0. The molecule has 4 rings (SSSR count). The molecule has 1 unspecified atom stereocenters. The summed E-state index contributed by atoms with van der Waals surface area (Å²) < 4.78 is 26.6.